The van der Waals surface area contributed by atoms with Crippen molar-refractivity contribution in [2.45, 2.75) is 19.4 Å². The highest BCUT2D eigenvalue weighted by Crippen LogP contribution is 2.01. The molecule has 6 nitrogen and oxygen atoms in total. The lowest BCUT2D eigenvalue weighted by molar-refractivity contribution is -0.139. The number of hydrogen-bond acceptors (Lipinski definition) is 4. The van der Waals surface area contributed by atoms with E-state index in [1.807, 2.05) is 0 Å². The van der Waals surface area contributed by atoms with Crippen molar-refractivity contribution >= 4 is 17.8 Å². The third kappa shape index (κ3) is 5.90. The maximum absolute atomic E-state index is 11.9. The molecule has 2 N–H and O–H groups in total. The number of hydrogen-bond donors (Lipinski definition) is 2. The number of rotatable bonds is 7. The summed E-state index contributed by atoms with van der Waals surface area (Å²) >= 11 is 0. The molecule has 1 amide bonds. The fourth-order valence-electron chi connectivity index (χ4n) is 1.54. The first-order valence-electron chi connectivity index (χ1n) is 6.46. The van der Waals surface area contributed by atoms with Gasteiger partial charge >= 0.3 is 11.9 Å². The number of carbonyl (C=O) groups excluding carboxylic acids is 2. The van der Waals surface area contributed by atoms with Gasteiger partial charge in [0, 0.05) is 11.6 Å². The van der Waals surface area contributed by atoms with Crippen LogP contribution in [0, 0.1) is 0 Å². The van der Waals surface area contributed by atoms with Gasteiger partial charge in [-0.1, -0.05) is 24.3 Å². The molecule has 1 aromatic rings. The lowest BCUT2D eigenvalue weighted by Gasteiger charge is -2.12. The van der Waals surface area contributed by atoms with Crippen LogP contribution in [0.3, 0.4) is 0 Å². The Balaban J connectivity index is 2.60. The minimum atomic E-state index is -1.17. The Labute approximate surface area is 122 Å². The third-order valence-corrected chi connectivity index (χ3v) is 2.55. The van der Waals surface area contributed by atoms with Crippen LogP contribution in [0.4, 0.5) is 0 Å². The first-order valence-corrected chi connectivity index (χ1v) is 6.46. The SMILES string of the molecule is CCOC(=O)/C=C/C[C@@H](NC(=O)c1ccccc1)C(=O)O. The van der Waals surface area contributed by atoms with Crippen LogP contribution >= 0.6 is 0 Å². The van der Waals surface area contributed by atoms with Gasteiger partial charge in [-0.3, -0.25) is 4.79 Å². The summed E-state index contributed by atoms with van der Waals surface area (Å²) in [5, 5.41) is 11.5. The summed E-state index contributed by atoms with van der Waals surface area (Å²) in [6, 6.07) is 7.19. The van der Waals surface area contributed by atoms with Gasteiger partial charge in [-0.05, 0) is 25.5 Å². The average molecular weight is 291 g/mol. The molecule has 0 fully saturated rings. The van der Waals surface area contributed by atoms with Crippen LogP contribution in [0.5, 0.6) is 0 Å². The molecule has 0 aliphatic carbocycles. The van der Waals surface area contributed by atoms with Crippen LogP contribution in [0.15, 0.2) is 42.5 Å². The van der Waals surface area contributed by atoms with Gasteiger partial charge in [-0.2, -0.15) is 0 Å². The molecule has 0 spiro atoms. The zero-order valence-corrected chi connectivity index (χ0v) is 11.6. The van der Waals surface area contributed by atoms with Gasteiger partial charge in [-0.15, -0.1) is 0 Å². The molecule has 21 heavy (non-hydrogen) atoms. The molecule has 0 bridgehead atoms. The number of esters is 1. The van der Waals surface area contributed by atoms with Gasteiger partial charge < -0.3 is 15.2 Å². The quantitative estimate of drug-likeness (QED) is 0.585. The Morgan fingerprint density at radius 3 is 2.52 bits per heavy atom. The minimum Gasteiger partial charge on any atom is -0.480 e. The Hall–Kier alpha value is -2.63. The van der Waals surface area contributed by atoms with E-state index in [4.69, 9.17) is 5.11 Å². The van der Waals surface area contributed by atoms with Crippen LogP contribution in [0.25, 0.3) is 0 Å². The van der Waals surface area contributed by atoms with Gasteiger partial charge in [0.15, 0.2) is 0 Å². The molecule has 0 radical (unpaired) electrons. The van der Waals surface area contributed by atoms with Crippen molar-refractivity contribution in [3.05, 3.63) is 48.0 Å². The van der Waals surface area contributed by atoms with E-state index in [9.17, 15) is 14.4 Å². The molecule has 1 aromatic carbocycles. The summed E-state index contributed by atoms with van der Waals surface area (Å²) in [5.41, 5.74) is 0.373. The molecule has 0 unspecified atom stereocenters. The fourth-order valence-corrected chi connectivity index (χ4v) is 1.54. The van der Waals surface area contributed by atoms with E-state index in [1.165, 1.54) is 6.08 Å². The second-order valence-electron chi connectivity index (χ2n) is 4.12. The number of carboxylic acids is 1. The van der Waals surface area contributed by atoms with Crippen molar-refractivity contribution in [3.8, 4) is 0 Å². The standard InChI is InChI=1S/C15H17NO5/c1-2-21-13(17)10-6-9-12(15(19)20)16-14(18)11-7-4-3-5-8-11/h3-8,10,12H,2,9H2,1H3,(H,16,18)(H,19,20)/b10-6+/t12-/m1/s1. The van der Waals surface area contributed by atoms with Gasteiger partial charge in [-0.25, -0.2) is 9.59 Å². The summed E-state index contributed by atoms with van der Waals surface area (Å²) in [5.74, 6) is -2.20. The molecular formula is C15H17NO5. The second-order valence-corrected chi connectivity index (χ2v) is 4.12. The van der Waals surface area contributed by atoms with Crippen molar-refractivity contribution in [1.82, 2.24) is 5.32 Å². The fraction of sp³-hybridized carbons (Fsp3) is 0.267. The Morgan fingerprint density at radius 2 is 1.95 bits per heavy atom. The average Bonchev–Trinajstić information content (AvgIpc) is 2.47. The largest absolute Gasteiger partial charge is 0.480 e. The topological polar surface area (TPSA) is 92.7 Å². The first kappa shape index (κ1) is 16.4. The maximum atomic E-state index is 11.9. The first-order chi connectivity index (χ1) is 10.0. The lowest BCUT2D eigenvalue weighted by Crippen LogP contribution is -2.40. The Bertz CT molecular complexity index is 524. The minimum absolute atomic E-state index is 0.00722. The smallest absolute Gasteiger partial charge is 0.330 e. The molecule has 0 aliphatic heterocycles. The van der Waals surface area contributed by atoms with E-state index >= 15 is 0 Å². The summed E-state index contributed by atoms with van der Waals surface area (Å²) in [4.78, 5) is 34.1. The van der Waals surface area contributed by atoms with Crippen molar-refractivity contribution in [1.29, 1.82) is 0 Å². The van der Waals surface area contributed by atoms with Gasteiger partial charge in [0.05, 0.1) is 6.61 Å². The van der Waals surface area contributed by atoms with E-state index in [-0.39, 0.29) is 13.0 Å². The van der Waals surface area contributed by atoms with Gasteiger partial charge in [0.25, 0.3) is 5.91 Å². The molecule has 1 rings (SSSR count). The Kier molecular flexibility index (Phi) is 6.67. The maximum Gasteiger partial charge on any atom is 0.330 e. The summed E-state index contributed by atoms with van der Waals surface area (Å²) in [6.07, 6.45) is 2.50. The van der Waals surface area contributed by atoms with Crippen LogP contribution in [-0.2, 0) is 14.3 Å². The molecule has 1 atom stereocenters. The molecule has 112 valence electrons. The van der Waals surface area contributed by atoms with Crippen molar-refractivity contribution in [3.63, 3.8) is 0 Å². The predicted octanol–water partition coefficient (Wildman–Crippen LogP) is 1.38. The van der Waals surface area contributed by atoms with E-state index in [0.717, 1.165) is 6.08 Å². The number of nitrogens with one attached hydrogen (secondary N) is 1. The highest BCUT2D eigenvalue weighted by molar-refractivity contribution is 5.96. The normalized spacial score (nSPS) is 11.9. The van der Waals surface area contributed by atoms with Crippen LogP contribution in [0.2, 0.25) is 0 Å². The molecule has 0 aromatic heterocycles. The van der Waals surface area contributed by atoms with E-state index in [2.05, 4.69) is 10.1 Å². The molecular weight excluding hydrogens is 274 g/mol. The van der Waals surface area contributed by atoms with E-state index in [1.54, 1.807) is 37.3 Å². The van der Waals surface area contributed by atoms with Crippen molar-refractivity contribution < 1.29 is 24.2 Å². The number of amides is 1. The monoisotopic (exact) mass is 291 g/mol. The van der Waals surface area contributed by atoms with Gasteiger partial charge in [0.2, 0.25) is 0 Å². The Morgan fingerprint density at radius 1 is 1.29 bits per heavy atom. The summed E-state index contributed by atoms with van der Waals surface area (Å²) in [7, 11) is 0. The molecule has 0 saturated carbocycles. The molecule has 0 aliphatic rings. The number of benzene rings is 1. The zero-order valence-electron chi connectivity index (χ0n) is 11.6. The van der Waals surface area contributed by atoms with Crippen LogP contribution in [0.1, 0.15) is 23.7 Å². The highest BCUT2D eigenvalue weighted by Gasteiger charge is 2.19. The van der Waals surface area contributed by atoms with Crippen LogP contribution in [-0.4, -0.2) is 35.6 Å². The number of ether oxygens (including phenoxy) is 1. The third-order valence-electron chi connectivity index (χ3n) is 2.55. The van der Waals surface area contributed by atoms with Crippen LogP contribution < -0.4 is 5.32 Å². The lowest BCUT2D eigenvalue weighted by atomic mass is 10.1. The molecule has 0 saturated heterocycles. The highest BCUT2D eigenvalue weighted by atomic mass is 16.5. The molecule has 6 heteroatoms. The van der Waals surface area contributed by atoms with Crippen molar-refractivity contribution in [2.24, 2.45) is 0 Å². The number of carboxylic acid groups (broad SMARTS) is 1. The number of aliphatic carboxylic acids is 1. The molecule has 0 heterocycles. The van der Waals surface area contributed by atoms with Gasteiger partial charge in [0.1, 0.15) is 6.04 Å². The summed E-state index contributed by atoms with van der Waals surface area (Å²) in [6.45, 7) is 1.92. The van der Waals surface area contributed by atoms with E-state index in [0.29, 0.717) is 5.56 Å². The van der Waals surface area contributed by atoms with Crippen molar-refractivity contribution in [2.75, 3.05) is 6.61 Å². The zero-order chi connectivity index (χ0) is 15.7. The predicted molar refractivity (Wildman–Crippen MR) is 75.7 cm³/mol. The number of carbonyl (C=O) groups is 3. The second kappa shape index (κ2) is 8.52. The van der Waals surface area contributed by atoms with E-state index < -0.39 is 23.9 Å². The summed E-state index contributed by atoms with van der Waals surface area (Å²) < 4.78 is 4.67.